The van der Waals surface area contributed by atoms with Crippen LogP contribution in [0.15, 0.2) is 12.1 Å². The lowest BCUT2D eigenvalue weighted by Gasteiger charge is -2.37. The number of hydrogen-bond donors (Lipinski definition) is 0. The monoisotopic (exact) mass is 372 g/mol. The summed E-state index contributed by atoms with van der Waals surface area (Å²) in [4.78, 5) is 0. The van der Waals surface area contributed by atoms with E-state index in [4.69, 9.17) is 9.47 Å². The topological polar surface area (TPSA) is 27.7 Å². The van der Waals surface area contributed by atoms with Gasteiger partial charge in [-0.05, 0) is 55.7 Å². The Kier molecular flexibility index (Phi) is 6.81. The molecule has 1 aliphatic heterocycles. The maximum atomic E-state index is 13.9. The average molecular weight is 372 g/mol. The molecule has 1 aromatic carbocycles. The van der Waals surface area contributed by atoms with Crippen LogP contribution in [0.1, 0.15) is 56.9 Å². The SMILES string of the molecule is CCCC1COC(C2CCC(c3cc(F)c(OCF)c(F)c3)CC2)OC1. The largest absolute Gasteiger partial charge is 0.457 e. The van der Waals surface area contributed by atoms with Crippen molar-refractivity contribution in [1.82, 2.24) is 0 Å². The molecule has 0 amide bonds. The second-order valence-electron chi connectivity index (χ2n) is 7.37. The van der Waals surface area contributed by atoms with Gasteiger partial charge in [-0.15, -0.1) is 0 Å². The van der Waals surface area contributed by atoms with Crippen LogP contribution in [0.2, 0.25) is 0 Å². The molecule has 0 aromatic heterocycles. The van der Waals surface area contributed by atoms with Gasteiger partial charge < -0.3 is 14.2 Å². The van der Waals surface area contributed by atoms with Gasteiger partial charge in [-0.1, -0.05) is 13.3 Å². The molecule has 0 bridgehead atoms. The first-order chi connectivity index (χ1) is 12.6. The third-order valence-electron chi connectivity index (χ3n) is 5.54. The van der Waals surface area contributed by atoms with E-state index in [2.05, 4.69) is 11.7 Å². The highest BCUT2D eigenvalue weighted by Crippen LogP contribution is 2.40. The maximum Gasteiger partial charge on any atom is 0.228 e. The molecule has 146 valence electrons. The highest BCUT2D eigenvalue weighted by atomic mass is 19.1. The van der Waals surface area contributed by atoms with Crippen molar-refractivity contribution in [3.05, 3.63) is 29.3 Å². The van der Waals surface area contributed by atoms with Crippen molar-refractivity contribution >= 4 is 0 Å². The molecule has 6 heteroatoms. The second-order valence-corrected chi connectivity index (χ2v) is 7.37. The maximum absolute atomic E-state index is 13.9. The summed E-state index contributed by atoms with van der Waals surface area (Å²) in [6.07, 6.45) is 5.56. The van der Waals surface area contributed by atoms with Crippen molar-refractivity contribution in [3.8, 4) is 5.75 Å². The highest BCUT2D eigenvalue weighted by molar-refractivity contribution is 5.33. The Morgan fingerprint density at radius 1 is 1.04 bits per heavy atom. The molecule has 1 saturated heterocycles. The molecule has 1 aromatic rings. The summed E-state index contributed by atoms with van der Waals surface area (Å²) in [6.45, 7) is 2.42. The van der Waals surface area contributed by atoms with Crippen molar-refractivity contribution < 1.29 is 27.4 Å². The van der Waals surface area contributed by atoms with E-state index in [0.29, 0.717) is 17.4 Å². The lowest BCUT2D eigenvalue weighted by atomic mass is 9.78. The summed E-state index contributed by atoms with van der Waals surface area (Å²) in [6, 6.07) is 2.53. The summed E-state index contributed by atoms with van der Waals surface area (Å²) < 4.78 is 56.3. The quantitative estimate of drug-likeness (QED) is 0.675. The van der Waals surface area contributed by atoms with E-state index >= 15 is 0 Å². The number of benzene rings is 1. The molecule has 0 N–H and O–H groups in total. The number of ether oxygens (including phenoxy) is 3. The first-order valence-corrected chi connectivity index (χ1v) is 9.53. The van der Waals surface area contributed by atoms with Crippen LogP contribution in [0.3, 0.4) is 0 Å². The smallest absolute Gasteiger partial charge is 0.228 e. The van der Waals surface area contributed by atoms with Crippen LogP contribution in [-0.4, -0.2) is 26.4 Å². The van der Waals surface area contributed by atoms with Gasteiger partial charge in [0.1, 0.15) is 0 Å². The van der Waals surface area contributed by atoms with Gasteiger partial charge in [0.25, 0.3) is 0 Å². The van der Waals surface area contributed by atoms with E-state index in [1.807, 2.05) is 0 Å². The van der Waals surface area contributed by atoms with Crippen LogP contribution in [0, 0.1) is 23.5 Å². The lowest BCUT2D eigenvalue weighted by Crippen LogP contribution is -2.38. The van der Waals surface area contributed by atoms with Crippen LogP contribution < -0.4 is 4.74 Å². The first kappa shape index (κ1) is 19.5. The molecule has 3 nitrogen and oxygen atoms in total. The van der Waals surface area contributed by atoms with Crippen molar-refractivity contribution in [3.63, 3.8) is 0 Å². The van der Waals surface area contributed by atoms with Gasteiger partial charge in [-0.25, -0.2) is 13.2 Å². The molecule has 1 saturated carbocycles. The normalized spacial score (nSPS) is 29.5. The minimum absolute atomic E-state index is 0.0890. The zero-order valence-electron chi connectivity index (χ0n) is 15.2. The minimum Gasteiger partial charge on any atom is -0.457 e. The van der Waals surface area contributed by atoms with Crippen LogP contribution in [-0.2, 0) is 9.47 Å². The van der Waals surface area contributed by atoms with E-state index in [1.165, 1.54) is 12.1 Å². The van der Waals surface area contributed by atoms with E-state index in [9.17, 15) is 13.2 Å². The zero-order chi connectivity index (χ0) is 18.5. The molecule has 0 radical (unpaired) electrons. The van der Waals surface area contributed by atoms with Crippen LogP contribution in [0.25, 0.3) is 0 Å². The summed E-state index contributed by atoms with van der Waals surface area (Å²) in [5.41, 5.74) is 0.609. The fourth-order valence-corrected chi connectivity index (χ4v) is 4.14. The molecule has 0 atom stereocenters. The van der Waals surface area contributed by atoms with E-state index in [1.54, 1.807) is 0 Å². The predicted molar refractivity (Wildman–Crippen MR) is 91.8 cm³/mol. The Labute approximate surface area is 152 Å². The third-order valence-corrected chi connectivity index (χ3v) is 5.54. The zero-order valence-corrected chi connectivity index (χ0v) is 15.2. The molecule has 2 aliphatic rings. The van der Waals surface area contributed by atoms with E-state index in [0.717, 1.165) is 51.7 Å². The summed E-state index contributed by atoms with van der Waals surface area (Å²) >= 11 is 0. The third kappa shape index (κ3) is 4.52. The van der Waals surface area contributed by atoms with E-state index < -0.39 is 24.2 Å². The predicted octanol–water partition coefficient (Wildman–Crippen LogP) is 5.33. The Hall–Kier alpha value is -1.27. The number of rotatable bonds is 6. The van der Waals surface area contributed by atoms with Gasteiger partial charge in [0.2, 0.25) is 6.86 Å². The van der Waals surface area contributed by atoms with Gasteiger partial charge in [-0.2, -0.15) is 0 Å². The van der Waals surface area contributed by atoms with Crippen molar-refractivity contribution in [2.75, 3.05) is 20.1 Å². The standard InChI is InChI=1S/C20H27F3O3/c1-2-3-13-10-24-20(25-11-13)15-6-4-14(5-7-15)16-8-17(22)19(26-12-21)18(23)9-16/h8-9,13-15,20H,2-7,10-12H2,1H3. The molecule has 1 heterocycles. The van der Waals surface area contributed by atoms with Gasteiger partial charge in [0, 0.05) is 11.8 Å². The summed E-state index contributed by atoms with van der Waals surface area (Å²) in [5.74, 6) is -1.43. The number of alkyl halides is 1. The Balaban J connectivity index is 1.54. The Bertz CT molecular complexity index is 557. The van der Waals surface area contributed by atoms with Gasteiger partial charge in [0.05, 0.1) is 13.2 Å². The molecule has 0 spiro atoms. The molecule has 3 rings (SSSR count). The minimum atomic E-state index is -1.25. The Morgan fingerprint density at radius 2 is 1.65 bits per heavy atom. The van der Waals surface area contributed by atoms with Crippen LogP contribution in [0.5, 0.6) is 5.75 Å². The van der Waals surface area contributed by atoms with Crippen molar-refractivity contribution in [2.24, 2.45) is 11.8 Å². The van der Waals surface area contributed by atoms with Gasteiger partial charge in [0.15, 0.2) is 23.7 Å². The Morgan fingerprint density at radius 3 is 2.19 bits per heavy atom. The fraction of sp³-hybridized carbons (Fsp3) is 0.700. The molecule has 26 heavy (non-hydrogen) atoms. The lowest BCUT2D eigenvalue weighted by molar-refractivity contribution is -0.229. The molecule has 0 unspecified atom stereocenters. The molecular weight excluding hydrogens is 345 g/mol. The summed E-state index contributed by atoms with van der Waals surface area (Å²) in [5, 5.41) is 0. The number of hydrogen-bond acceptors (Lipinski definition) is 3. The van der Waals surface area contributed by atoms with Crippen LogP contribution in [0.4, 0.5) is 13.2 Å². The van der Waals surface area contributed by atoms with Gasteiger partial charge in [-0.3, -0.25) is 0 Å². The van der Waals surface area contributed by atoms with E-state index in [-0.39, 0.29) is 12.2 Å². The van der Waals surface area contributed by atoms with Crippen LogP contribution >= 0.6 is 0 Å². The second kappa shape index (κ2) is 9.09. The number of halogens is 3. The fourth-order valence-electron chi connectivity index (χ4n) is 4.14. The molecule has 2 fully saturated rings. The molecule has 1 aliphatic carbocycles. The first-order valence-electron chi connectivity index (χ1n) is 9.53. The van der Waals surface area contributed by atoms with Crippen molar-refractivity contribution in [2.45, 2.75) is 57.7 Å². The van der Waals surface area contributed by atoms with Crippen molar-refractivity contribution in [1.29, 1.82) is 0 Å². The molecular formula is C20H27F3O3. The average Bonchev–Trinajstić information content (AvgIpc) is 2.66. The summed E-state index contributed by atoms with van der Waals surface area (Å²) in [7, 11) is 0. The highest BCUT2D eigenvalue weighted by Gasteiger charge is 2.33. The van der Waals surface area contributed by atoms with Gasteiger partial charge >= 0.3 is 0 Å².